The lowest BCUT2D eigenvalue weighted by atomic mass is 10.1. The monoisotopic (exact) mass is 349 g/mol. The minimum atomic E-state index is -0.220. The molecule has 1 aliphatic rings. The summed E-state index contributed by atoms with van der Waals surface area (Å²) in [4.78, 5) is 14.2. The van der Waals surface area contributed by atoms with E-state index < -0.39 is 0 Å². The van der Waals surface area contributed by atoms with Crippen molar-refractivity contribution >= 4 is 23.4 Å². The van der Waals surface area contributed by atoms with E-state index in [1.165, 1.54) is 23.9 Å². The first kappa shape index (κ1) is 16.8. The molecule has 8 heteroatoms. The van der Waals surface area contributed by atoms with Crippen molar-refractivity contribution < 1.29 is 9.18 Å². The van der Waals surface area contributed by atoms with Gasteiger partial charge in [-0.3, -0.25) is 4.79 Å². The van der Waals surface area contributed by atoms with E-state index in [1.807, 2.05) is 7.05 Å². The second-order valence-electron chi connectivity index (χ2n) is 5.89. The molecular weight excluding hydrogens is 329 g/mol. The van der Waals surface area contributed by atoms with Crippen molar-refractivity contribution in [1.82, 2.24) is 20.1 Å². The Morgan fingerprint density at radius 3 is 2.92 bits per heavy atom. The molecule has 24 heavy (non-hydrogen) atoms. The second kappa shape index (κ2) is 7.65. The third kappa shape index (κ3) is 4.25. The topological polar surface area (TPSA) is 63.1 Å². The highest BCUT2D eigenvalue weighted by atomic mass is 32.2. The normalized spacial score (nSPS) is 17.2. The van der Waals surface area contributed by atoms with Crippen LogP contribution in [-0.2, 0) is 11.8 Å². The van der Waals surface area contributed by atoms with Crippen LogP contribution in [0.5, 0.6) is 0 Å². The molecule has 0 aliphatic carbocycles. The highest BCUT2D eigenvalue weighted by Crippen LogP contribution is 2.23. The van der Waals surface area contributed by atoms with Gasteiger partial charge in [-0.2, -0.15) is 0 Å². The minimum Gasteiger partial charge on any atom is -0.371 e. The van der Waals surface area contributed by atoms with Crippen LogP contribution in [0.3, 0.4) is 0 Å². The molecule has 1 saturated heterocycles. The van der Waals surface area contributed by atoms with Crippen LogP contribution in [0, 0.1) is 11.7 Å². The van der Waals surface area contributed by atoms with Crippen LogP contribution in [0.4, 0.5) is 10.1 Å². The van der Waals surface area contributed by atoms with Crippen LogP contribution >= 0.6 is 11.8 Å². The van der Waals surface area contributed by atoms with Crippen molar-refractivity contribution in [1.29, 1.82) is 0 Å². The van der Waals surface area contributed by atoms with Gasteiger partial charge in [-0.05, 0) is 36.6 Å². The van der Waals surface area contributed by atoms with Gasteiger partial charge in [0.15, 0.2) is 5.16 Å². The number of hydrogen-bond donors (Lipinski definition) is 1. The predicted octanol–water partition coefficient (Wildman–Crippen LogP) is 1.69. The zero-order chi connectivity index (χ0) is 16.9. The summed E-state index contributed by atoms with van der Waals surface area (Å²) in [5, 5.41) is 11.4. The van der Waals surface area contributed by atoms with Crippen LogP contribution in [0.2, 0.25) is 0 Å². The van der Waals surface area contributed by atoms with E-state index in [2.05, 4.69) is 20.4 Å². The molecule has 1 aromatic heterocycles. The molecule has 0 bridgehead atoms. The quantitative estimate of drug-likeness (QED) is 0.804. The average molecular weight is 349 g/mol. The van der Waals surface area contributed by atoms with Gasteiger partial charge in [0.1, 0.15) is 12.1 Å². The number of nitrogens with one attached hydrogen (secondary N) is 1. The number of carbonyl (C=O) groups excluding carboxylic acids is 1. The Morgan fingerprint density at radius 2 is 2.21 bits per heavy atom. The zero-order valence-corrected chi connectivity index (χ0v) is 14.3. The molecule has 1 N–H and O–H groups in total. The third-order valence-corrected chi connectivity index (χ3v) is 5.10. The van der Waals surface area contributed by atoms with Gasteiger partial charge in [-0.25, -0.2) is 4.39 Å². The summed E-state index contributed by atoms with van der Waals surface area (Å²) in [6.07, 6.45) is 2.64. The van der Waals surface area contributed by atoms with E-state index in [9.17, 15) is 9.18 Å². The Morgan fingerprint density at radius 1 is 1.42 bits per heavy atom. The fourth-order valence-electron chi connectivity index (χ4n) is 2.73. The van der Waals surface area contributed by atoms with E-state index in [0.29, 0.717) is 18.2 Å². The number of amides is 1. The molecule has 2 aromatic rings. The summed E-state index contributed by atoms with van der Waals surface area (Å²) in [6, 6.07) is 6.56. The van der Waals surface area contributed by atoms with Crippen LogP contribution < -0.4 is 10.2 Å². The lowest BCUT2D eigenvalue weighted by molar-refractivity contribution is -0.118. The summed E-state index contributed by atoms with van der Waals surface area (Å²) in [7, 11) is 1.85. The lowest BCUT2D eigenvalue weighted by Crippen LogP contribution is -2.32. The van der Waals surface area contributed by atoms with Crippen molar-refractivity contribution in [2.24, 2.45) is 13.0 Å². The Hall–Kier alpha value is -2.09. The molecule has 2 heterocycles. The molecule has 1 unspecified atom stereocenters. The van der Waals surface area contributed by atoms with Crippen LogP contribution in [0.15, 0.2) is 35.7 Å². The predicted molar refractivity (Wildman–Crippen MR) is 91.5 cm³/mol. The van der Waals surface area contributed by atoms with Crippen LogP contribution in [0.25, 0.3) is 0 Å². The van der Waals surface area contributed by atoms with E-state index in [0.717, 1.165) is 30.4 Å². The van der Waals surface area contributed by atoms with Crippen molar-refractivity contribution in [2.75, 3.05) is 30.3 Å². The van der Waals surface area contributed by atoms with Crippen LogP contribution in [0.1, 0.15) is 6.42 Å². The first-order valence-electron chi connectivity index (χ1n) is 7.86. The number of anilines is 1. The summed E-state index contributed by atoms with van der Waals surface area (Å²) in [5.74, 6) is 0.533. The molecule has 0 saturated carbocycles. The van der Waals surface area contributed by atoms with Crippen molar-refractivity contribution in [2.45, 2.75) is 11.6 Å². The molecule has 1 aromatic carbocycles. The number of nitrogens with zero attached hydrogens (tertiary/aromatic N) is 4. The van der Waals surface area contributed by atoms with Crippen molar-refractivity contribution in [3.8, 4) is 0 Å². The summed E-state index contributed by atoms with van der Waals surface area (Å²) >= 11 is 1.37. The summed E-state index contributed by atoms with van der Waals surface area (Å²) < 4.78 is 14.8. The zero-order valence-electron chi connectivity index (χ0n) is 13.5. The van der Waals surface area contributed by atoms with Gasteiger partial charge in [-0.15, -0.1) is 10.2 Å². The smallest absolute Gasteiger partial charge is 0.230 e. The molecular formula is C16H20FN5OS. The Bertz CT molecular complexity index is 690. The van der Waals surface area contributed by atoms with Crippen molar-refractivity contribution in [3.63, 3.8) is 0 Å². The largest absolute Gasteiger partial charge is 0.371 e. The molecule has 0 radical (unpaired) electrons. The van der Waals surface area contributed by atoms with E-state index in [1.54, 1.807) is 23.0 Å². The first-order valence-corrected chi connectivity index (χ1v) is 8.84. The maximum absolute atomic E-state index is 13.0. The number of carbonyl (C=O) groups is 1. The third-order valence-electron chi connectivity index (χ3n) is 4.07. The Kier molecular flexibility index (Phi) is 5.34. The van der Waals surface area contributed by atoms with Gasteiger partial charge in [0.2, 0.25) is 5.91 Å². The summed E-state index contributed by atoms with van der Waals surface area (Å²) in [6.45, 7) is 2.47. The van der Waals surface area contributed by atoms with Gasteiger partial charge < -0.3 is 14.8 Å². The molecule has 6 nitrogen and oxygen atoms in total. The molecule has 128 valence electrons. The molecule has 1 amide bonds. The molecule has 0 spiro atoms. The average Bonchev–Trinajstić information content (AvgIpc) is 3.21. The Labute approximate surface area is 144 Å². The van der Waals surface area contributed by atoms with E-state index in [-0.39, 0.29) is 11.7 Å². The lowest BCUT2D eigenvalue weighted by Gasteiger charge is -2.18. The SMILES string of the molecule is Cn1cnnc1SCC(=O)NCC1CCN(c2ccc(F)cc2)C1. The maximum Gasteiger partial charge on any atom is 0.230 e. The highest BCUT2D eigenvalue weighted by molar-refractivity contribution is 7.99. The van der Waals surface area contributed by atoms with Gasteiger partial charge >= 0.3 is 0 Å². The van der Waals surface area contributed by atoms with E-state index in [4.69, 9.17) is 0 Å². The molecule has 1 atom stereocenters. The fraction of sp³-hybridized carbons (Fsp3) is 0.438. The van der Waals surface area contributed by atoms with Crippen LogP contribution in [-0.4, -0.2) is 46.1 Å². The van der Waals surface area contributed by atoms with E-state index >= 15 is 0 Å². The number of aromatic nitrogens is 3. The Balaban J connectivity index is 1.40. The standard InChI is InChI=1S/C16H20FN5OS/c1-21-11-19-20-16(21)24-10-15(23)18-8-12-6-7-22(9-12)14-4-2-13(17)3-5-14/h2-5,11-12H,6-10H2,1H3,(H,18,23). The fourth-order valence-corrected chi connectivity index (χ4v) is 3.45. The molecule has 1 fully saturated rings. The number of aryl methyl sites for hydroxylation is 1. The number of hydrogen-bond acceptors (Lipinski definition) is 5. The first-order chi connectivity index (χ1) is 11.6. The van der Waals surface area contributed by atoms with Crippen molar-refractivity contribution in [3.05, 3.63) is 36.4 Å². The molecule has 1 aliphatic heterocycles. The number of thioether (sulfide) groups is 1. The second-order valence-corrected chi connectivity index (χ2v) is 6.84. The maximum atomic E-state index is 13.0. The van der Waals surface area contributed by atoms with Gasteiger partial charge in [0.05, 0.1) is 5.75 Å². The summed E-state index contributed by atoms with van der Waals surface area (Å²) in [5.41, 5.74) is 1.03. The van der Waals surface area contributed by atoms with Gasteiger partial charge in [0, 0.05) is 32.4 Å². The minimum absolute atomic E-state index is 0.00299. The number of halogens is 1. The van der Waals surface area contributed by atoms with Gasteiger partial charge in [0.25, 0.3) is 0 Å². The highest BCUT2D eigenvalue weighted by Gasteiger charge is 2.23. The van der Waals surface area contributed by atoms with Gasteiger partial charge in [-0.1, -0.05) is 11.8 Å². The number of rotatable bonds is 6. The number of benzene rings is 1. The molecule has 3 rings (SSSR count).